The number of nitrogens with zero attached hydrogens (tertiary/aromatic N) is 2. The van der Waals surface area contributed by atoms with Gasteiger partial charge in [0.05, 0.1) is 11.5 Å². The van der Waals surface area contributed by atoms with Gasteiger partial charge >= 0.3 is 9.15 Å². The molecule has 0 bridgehead atoms. The summed E-state index contributed by atoms with van der Waals surface area (Å²) < 4.78 is 34.6. The molecule has 0 spiro atoms. The summed E-state index contributed by atoms with van der Waals surface area (Å²) in [4.78, 5) is 13.7. The average molecular weight is 337 g/mol. The molecular formula is C10H15N3O6S2. The van der Waals surface area contributed by atoms with Crippen molar-refractivity contribution in [2.75, 3.05) is 25.4 Å². The van der Waals surface area contributed by atoms with Gasteiger partial charge in [0, 0.05) is 24.4 Å². The molecule has 0 radical (unpaired) electrons. The van der Waals surface area contributed by atoms with Gasteiger partial charge in [-0.2, -0.15) is 8.42 Å². The minimum atomic E-state index is -3.97. The molecule has 1 aromatic heterocycles. The first kappa shape index (κ1) is 17.6. The Bertz CT molecular complexity index is 548. The van der Waals surface area contributed by atoms with E-state index in [0.717, 1.165) is 6.20 Å². The molecule has 118 valence electrons. The van der Waals surface area contributed by atoms with Gasteiger partial charge in [-0.05, 0) is 23.8 Å². The standard InChI is InChI=1S/C10H15N3O6S2/c14-13(15)9-2-3-10(12-8-9)19-6-1-4-11-5-7-20-21(16,17)18/h2-3,8,11H,1,4-7H2,(H,16,17,18). The molecule has 1 rings (SSSR count). The van der Waals surface area contributed by atoms with Crippen LogP contribution in [0.1, 0.15) is 6.42 Å². The monoisotopic (exact) mass is 337 g/mol. The van der Waals surface area contributed by atoms with Crippen molar-refractivity contribution in [1.29, 1.82) is 0 Å². The van der Waals surface area contributed by atoms with Crippen molar-refractivity contribution in [3.05, 3.63) is 28.4 Å². The van der Waals surface area contributed by atoms with Crippen LogP contribution in [0.2, 0.25) is 0 Å². The Labute approximate surface area is 125 Å². The van der Waals surface area contributed by atoms with E-state index in [1.54, 1.807) is 0 Å². The van der Waals surface area contributed by atoms with Crippen molar-refractivity contribution in [2.24, 2.45) is 0 Å². The number of hydrogen-bond donors (Lipinski definition) is 2. The maximum atomic E-state index is 10.4. The Kier molecular flexibility index (Phi) is 7.36. The van der Waals surface area contributed by atoms with Gasteiger partial charge in [-0.25, -0.2) is 4.98 Å². The summed E-state index contributed by atoms with van der Waals surface area (Å²) in [6.07, 6.45) is 1.79. The number of pyridine rings is 1. The zero-order valence-corrected chi connectivity index (χ0v) is 12.6. The number of nitrogens with one attached hydrogen (secondary N) is 1. The van der Waals surface area contributed by atoms with Gasteiger partial charge in [0.2, 0.25) is 5.88 Å². The second kappa shape index (κ2) is 8.77. The third kappa shape index (κ3) is 8.45. The van der Waals surface area contributed by atoms with E-state index < -0.39 is 14.1 Å². The van der Waals surface area contributed by atoms with E-state index in [1.807, 2.05) is 0 Å². The van der Waals surface area contributed by atoms with Crippen LogP contribution in [0.3, 0.4) is 0 Å². The van der Waals surface area contributed by atoms with Crippen LogP contribution in [0, 0.1) is 10.1 Å². The summed E-state index contributed by atoms with van der Waals surface area (Å²) in [5.74, 6) is 0.561. The quantitative estimate of drug-likeness (QED) is 0.210. The second-order valence-corrected chi connectivity index (χ2v) is 7.28. The molecular weight excluding hydrogens is 322 g/mol. The van der Waals surface area contributed by atoms with Crippen LogP contribution in [0.25, 0.3) is 0 Å². The van der Waals surface area contributed by atoms with E-state index in [4.69, 9.17) is 9.29 Å². The zero-order chi connectivity index (χ0) is 15.7. The van der Waals surface area contributed by atoms with Crippen molar-refractivity contribution in [3.63, 3.8) is 0 Å². The van der Waals surface area contributed by atoms with Gasteiger partial charge in [0.1, 0.15) is 6.20 Å². The molecule has 9 nitrogen and oxygen atoms in total. The lowest BCUT2D eigenvalue weighted by Gasteiger charge is -2.05. The molecule has 0 fully saturated rings. The maximum absolute atomic E-state index is 10.4. The number of ether oxygens (including phenoxy) is 1. The van der Waals surface area contributed by atoms with Gasteiger partial charge in [0.15, 0.2) is 0 Å². The summed E-state index contributed by atoms with van der Waals surface area (Å²) >= 11 is 0. The van der Waals surface area contributed by atoms with E-state index in [-0.39, 0.29) is 11.4 Å². The summed E-state index contributed by atoms with van der Waals surface area (Å²) in [5.41, 5.74) is -0.0969. The molecule has 0 saturated carbocycles. The molecule has 21 heavy (non-hydrogen) atoms. The van der Waals surface area contributed by atoms with Crippen LogP contribution in [0.4, 0.5) is 5.69 Å². The van der Waals surface area contributed by atoms with Crippen molar-refractivity contribution >= 4 is 25.6 Å². The summed E-state index contributed by atoms with van der Waals surface area (Å²) in [6, 6.07) is 2.74. The summed E-state index contributed by atoms with van der Waals surface area (Å²) in [5, 5.41) is 13.4. The molecule has 0 saturated heterocycles. The molecule has 0 aliphatic carbocycles. The van der Waals surface area contributed by atoms with E-state index in [1.165, 1.54) is 12.1 Å². The fraction of sp³-hybridized carbons (Fsp3) is 0.500. The molecule has 0 aliphatic rings. The molecule has 1 aromatic rings. The lowest BCUT2D eigenvalue weighted by atomic mass is 10.4. The topological polar surface area (TPSA) is 132 Å². The molecule has 0 aromatic carbocycles. The zero-order valence-electron chi connectivity index (χ0n) is 11.0. The fourth-order valence-corrected chi connectivity index (χ4v) is 2.60. The van der Waals surface area contributed by atoms with Gasteiger partial charge in [0.25, 0.3) is 5.69 Å². The predicted octanol–water partition coefficient (Wildman–Crippen LogP) is 0.884. The van der Waals surface area contributed by atoms with E-state index >= 15 is 0 Å². The number of aromatic nitrogens is 1. The number of hydrogen-bond acceptors (Lipinski definition) is 8. The molecule has 0 aliphatic heterocycles. The van der Waals surface area contributed by atoms with E-state index in [9.17, 15) is 18.5 Å². The minimum absolute atomic E-state index is 0.0969. The van der Waals surface area contributed by atoms with Crippen molar-refractivity contribution in [1.82, 2.24) is 10.3 Å². The van der Waals surface area contributed by atoms with Crippen molar-refractivity contribution in [2.45, 2.75) is 6.42 Å². The Morgan fingerprint density at radius 3 is 2.76 bits per heavy atom. The summed E-state index contributed by atoms with van der Waals surface area (Å²) in [7, 11) is -3.50. The van der Waals surface area contributed by atoms with Crippen LogP contribution >= 0.6 is 10.8 Å². The average Bonchev–Trinajstić information content (AvgIpc) is 2.41. The highest BCUT2D eigenvalue weighted by Gasteiger charge is 2.05. The van der Waals surface area contributed by atoms with Crippen LogP contribution in [-0.4, -0.2) is 48.3 Å². The van der Waals surface area contributed by atoms with Gasteiger partial charge < -0.3 is 10.1 Å². The van der Waals surface area contributed by atoms with E-state index in [2.05, 4.69) is 10.3 Å². The Morgan fingerprint density at radius 2 is 2.19 bits per heavy atom. The Morgan fingerprint density at radius 1 is 1.43 bits per heavy atom. The first-order valence-electron chi connectivity index (χ1n) is 5.94. The highest BCUT2D eigenvalue weighted by Crippen LogP contribution is 2.13. The summed E-state index contributed by atoms with van der Waals surface area (Å²) in [6.45, 7) is 1.43. The first-order valence-corrected chi connectivity index (χ1v) is 8.88. The minimum Gasteiger partial charge on any atom is -0.478 e. The lowest BCUT2D eigenvalue weighted by molar-refractivity contribution is -0.385. The predicted molar refractivity (Wildman–Crippen MR) is 77.9 cm³/mol. The third-order valence-electron chi connectivity index (χ3n) is 2.19. The van der Waals surface area contributed by atoms with Crippen LogP contribution in [-0.2, 0) is 9.15 Å². The molecule has 11 heteroatoms. The highest BCUT2D eigenvalue weighted by atomic mass is 33.1. The SMILES string of the molecule is O=[N+]([O-])c1ccc(OCCCNCCSS(=O)(=O)O)nc1. The van der Waals surface area contributed by atoms with Gasteiger partial charge in [-0.15, -0.1) is 0 Å². The third-order valence-corrected chi connectivity index (χ3v) is 4.25. The molecule has 0 atom stereocenters. The lowest BCUT2D eigenvalue weighted by Crippen LogP contribution is -2.20. The maximum Gasteiger partial charge on any atom is 0.319 e. The van der Waals surface area contributed by atoms with Crippen LogP contribution < -0.4 is 10.1 Å². The van der Waals surface area contributed by atoms with Crippen LogP contribution in [0.5, 0.6) is 5.88 Å². The Hall–Kier alpha value is -1.43. The normalized spacial score (nSPS) is 11.3. The largest absolute Gasteiger partial charge is 0.478 e. The smallest absolute Gasteiger partial charge is 0.319 e. The molecule has 2 N–H and O–H groups in total. The number of nitro groups is 1. The van der Waals surface area contributed by atoms with Gasteiger partial charge in [-0.3, -0.25) is 14.7 Å². The highest BCUT2D eigenvalue weighted by molar-refractivity contribution is 8.69. The van der Waals surface area contributed by atoms with Crippen molar-refractivity contribution in [3.8, 4) is 5.88 Å². The number of rotatable bonds is 10. The van der Waals surface area contributed by atoms with Crippen molar-refractivity contribution < 1.29 is 22.6 Å². The Balaban J connectivity index is 2.08. The van der Waals surface area contributed by atoms with Gasteiger partial charge in [-0.1, -0.05) is 0 Å². The first-order chi connectivity index (χ1) is 9.88. The molecule has 1 heterocycles. The molecule has 0 amide bonds. The van der Waals surface area contributed by atoms with E-state index in [0.29, 0.717) is 42.8 Å². The van der Waals surface area contributed by atoms with Crippen LogP contribution in [0.15, 0.2) is 18.3 Å². The molecule has 0 unspecified atom stereocenters. The second-order valence-electron chi connectivity index (χ2n) is 3.81. The fourth-order valence-electron chi connectivity index (χ4n) is 1.28.